The molecule has 2 nitrogen and oxygen atoms in total. The van der Waals surface area contributed by atoms with Crippen LogP contribution in [0.15, 0.2) is 29.1 Å². The largest absolute Gasteiger partial charge is 0.358 e. The summed E-state index contributed by atoms with van der Waals surface area (Å²) in [6, 6.07) is 7.62. The molecule has 0 aliphatic heterocycles. The van der Waals surface area contributed by atoms with E-state index in [2.05, 4.69) is 18.8 Å². The lowest BCUT2D eigenvalue weighted by molar-refractivity contribution is 0.828. The van der Waals surface area contributed by atoms with Crippen LogP contribution >= 0.6 is 0 Å². The van der Waals surface area contributed by atoms with E-state index in [1.54, 1.807) is 6.07 Å². The highest BCUT2D eigenvalue weighted by molar-refractivity contribution is 5.79. The summed E-state index contributed by atoms with van der Waals surface area (Å²) in [5.74, 6) is 0.350. The van der Waals surface area contributed by atoms with Gasteiger partial charge < -0.3 is 4.98 Å². The Kier molecular flexibility index (Phi) is 2.35. The Hall–Kier alpha value is -1.57. The number of benzene rings is 1. The van der Waals surface area contributed by atoms with Crippen molar-refractivity contribution in [3.8, 4) is 0 Å². The molecule has 0 radical (unpaired) electrons. The molecule has 0 aliphatic carbocycles. The summed E-state index contributed by atoms with van der Waals surface area (Å²) >= 11 is 0. The SMILES string of the molecule is Cc1ccc2[nH]c(C(C)C)cc(=O)c2c1. The first-order valence-electron chi connectivity index (χ1n) is 5.21. The summed E-state index contributed by atoms with van der Waals surface area (Å²) in [5, 5.41) is 0.777. The summed E-state index contributed by atoms with van der Waals surface area (Å²) in [4.78, 5) is 15.1. The molecule has 2 rings (SSSR count). The molecule has 78 valence electrons. The van der Waals surface area contributed by atoms with Crippen LogP contribution in [0.4, 0.5) is 0 Å². The van der Waals surface area contributed by atoms with Gasteiger partial charge >= 0.3 is 0 Å². The van der Waals surface area contributed by atoms with Crippen LogP contribution in [0.5, 0.6) is 0 Å². The van der Waals surface area contributed by atoms with Gasteiger partial charge in [-0.25, -0.2) is 0 Å². The molecule has 0 amide bonds. The summed E-state index contributed by atoms with van der Waals surface area (Å²) in [6.45, 7) is 6.14. The Morgan fingerprint density at radius 2 is 1.93 bits per heavy atom. The first kappa shape index (κ1) is 9.97. The number of rotatable bonds is 1. The van der Waals surface area contributed by atoms with Gasteiger partial charge in [0.05, 0.1) is 0 Å². The normalized spacial score (nSPS) is 11.2. The fourth-order valence-electron chi connectivity index (χ4n) is 1.69. The van der Waals surface area contributed by atoms with Gasteiger partial charge in [0.15, 0.2) is 5.43 Å². The van der Waals surface area contributed by atoms with Gasteiger partial charge in [-0.05, 0) is 25.0 Å². The number of pyridine rings is 1. The van der Waals surface area contributed by atoms with Crippen molar-refractivity contribution in [3.63, 3.8) is 0 Å². The highest BCUT2D eigenvalue weighted by Gasteiger charge is 2.04. The van der Waals surface area contributed by atoms with Gasteiger partial charge in [-0.15, -0.1) is 0 Å². The van der Waals surface area contributed by atoms with Crippen molar-refractivity contribution in [2.75, 3.05) is 0 Å². The van der Waals surface area contributed by atoms with E-state index in [-0.39, 0.29) is 5.43 Å². The standard InChI is InChI=1S/C13H15NO/c1-8(2)12-7-13(15)10-6-9(3)4-5-11(10)14-12/h4-8H,1-3H3,(H,14,15). The van der Waals surface area contributed by atoms with Crippen LogP contribution in [0.1, 0.15) is 31.0 Å². The second-order valence-corrected chi connectivity index (χ2v) is 4.29. The molecule has 0 fully saturated rings. The van der Waals surface area contributed by atoms with Crippen molar-refractivity contribution < 1.29 is 0 Å². The first-order chi connectivity index (χ1) is 7.08. The number of aromatic nitrogens is 1. The van der Waals surface area contributed by atoms with Crippen molar-refractivity contribution in [2.24, 2.45) is 0 Å². The number of aryl methyl sites for hydroxylation is 1. The van der Waals surface area contributed by atoms with E-state index in [1.807, 2.05) is 25.1 Å². The van der Waals surface area contributed by atoms with Crippen LogP contribution in [-0.4, -0.2) is 4.98 Å². The summed E-state index contributed by atoms with van der Waals surface area (Å²) in [6.07, 6.45) is 0. The van der Waals surface area contributed by atoms with Crippen LogP contribution in [-0.2, 0) is 0 Å². The Bertz CT molecular complexity index is 552. The van der Waals surface area contributed by atoms with Crippen molar-refractivity contribution in [3.05, 3.63) is 45.7 Å². The van der Waals surface area contributed by atoms with Crippen LogP contribution in [0.3, 0.4) is 0 Å². The lowest BCUT2D eigenvalue weighted by Crippen LogP contribution is -2.06. The molecular formula is C13H15NO. The topological polar surface area (TPSA) is 32.9 Å². The van der Waals surface area contributed by atoms with Crippen molar-refractivity contribution in [2.45, 2.75) is 26.7 Å². The number of H-pyrrole nitrogens is 1. The van der Waals surface area contributed by atoms with E-state index in [0.717, 1.165) is 22.2 Å². The van der Waals surface area contributed by atoms with E-state index >= 15 is 0 Å². The highest BCUT2D eigenvalue weighted by atomic mass is 16.1. The minimum Gasteiger partial charge on any atom is -0.358 e. The van der Waals surface area contributed by atoms with E-state index < -0.39 is 0 Å². The molecule has 2 aromatic rings. The van der Waals surface area contributed by atoms with Crippen molar-refractivity contribution >= 4 is 10.9 Å². The fourth-order valence-corrected chi connectivity index (χ4v) is 1.69. The maximum atomic E-state index is 11.8. The Morgan fingerprint density at radius 3 is 2.60 bits per heavy atom. The van der Waals surface area contributed by atoms with E-state index in [9.17, 15) is 4.79 Å². The zero-order valence-electron chi connectivity index (χ0n) is 9.29. The number of nitrogens with one attached hydrogen (secondary N) is 1. The molecule has 1 heterocycles. The van der Waals surface area contributed by atoms with Gasteiger partial charge in [0, 0.05) is 22.7 Å². The lowest BCUT2D eigenvalue weighted by Gasteiger charge is -2.07. The highest BCUT2D eigenvalue weighted by Crippen LogP contribution is 2.15. The second-order valence-electron chi connectivity index (χ2n) is 4.29. The average molecular weight is 201 g/mol. The average Bonchev–Trinajstić information content (AvgIpc) is 2.18. The predicted molar refractivity (Wildman–Crippen MR) is 63.4 cm³/mol. The Balaban J connectivity index is 2.79. The molecule has 0 aliphatic rings. The molecule has 0 saturated carbocycles. The van der Waals surface area contributed by atoms with E-state index in [0.29, 0.717) is 5.92 Å². The molecule has 1 N–H and O–H groups in total. The van der Waals surface area contributed by atoms with Crippen LogP contribution in [0.2, 0.25) is 0 Å². The minimum atomic E-state index is 0.108. The molecule has 0 unspecified atom stereocenters. The third-order valence-corrected chi connectivity index (χ3v) is 2.63. The second kappa shape index (κ2) is 3.54. The van der Waals surface area contributed by atoms with Crippen molar-refractivity contribution in [1.82, 2.24) is 4.98 Å². The zero-order valence-corrected chi connectivity index (χ0v) is 9.29. The van der Waals surface area contributed by atoms with E-state index in [1.165, 1.54) is 0 Å². The molecule has 15 heavy (non-hydrogen) atoms. The molecule has 1 aromatic heterocycles. The predicted octanol–water partition coefficient (Wildman–Crippen LogP) is 2.96. The molecule has 0 saturated heterocycles. The quantitative estimate of drug-likeness (QED) is 0.756. The number of hydrogen-bond acceptors (Lipinski definition) is 1. The summed E-state index contributed by atoms with van der Waals surface area (Å²) < 4.78 is 0. The third kappa shape index (κ3) is 1.80. The Labute approximate surface area is 89.0 Å². The molecule has 1 aromatic carbocycles. The smallest absolute Gasteiger partial charge is 0.189 e. The third-order valence-electron chi connectivity index (χ3n) is 2.63. The Morgan fingerprint density at radius 1 is 1.20 bits per heavy atom. The first-order valence-corrected chi connectivity index (χ1v) is 5.21. The summed E-state index contributed by atoms with van der Waals surface area (Å²) in [7, 11) is 0. The van der Waals surface area contributed by atoms with Gasteiger partial charge in [0.2, 0.25) is 0 Å². The van der Waals surface area contributed by atoms with Gasteiger partial charge in [-0.3, -0.25) is 4.79 Å². The van der Waals surface area contributed by atoms with Crippen LogP contribution in [0, 0.1) is 6.92 Å². The minimum absolute atomic E-state index is 0.108. The number of hydrogen-bond donors (Lipinski definition) is 1. The van der Waals surface area contributed by atoms with Crippen LogP contribution in [0.25, 0.3) is 10.9 Å². The van der Waals surface area contributed by atoms with Crippen molar-refractivity contribution in [1.29, 1.82) is 0 Å². The van der Waals surface area contributed by atoms with E-state index in [4.69, 9.17) is 0 Å². The maximum absolute atomic E-state index is 11.8. The fraction of sp³-hybridized carbons (Fsp3) is 0.308. The van der Waals surface area contributed by atoms with Gasteiger partial charge in [0.25, 0.3) is 0 Å². The van der Waals surface area contributed by atoms with Crippen LogP contribution < -0.4 is 5.43 Å². The molecule has 0 atom stereocenters. The summed E-state index contributed by atoms with van der Waals surface area (Å²) in [5.41, 5.74) is 3.15. The lowest BCUT2D eigenvalue weighted by atomic mass is 10.1. The maximum Gasteiger partial charge on any atom is 0.189 e. The number of aromatic amines is 1. The van der Waals surface area contributed by atoms with Gasteiger partial charge in [0.1, 0.15) is 0 Å². The van der Waals surface area contributed by atoms with Gasteiger partial charge in [-0.1, -0.05) is 25.5 Å². The molecule has 2 heteroatoms. The molecular weight excluding hydrogens is 186 g/mol. The molecule has 0 spiro atoms. The number of fused-ring (bicyclic) bond motifs is 1. The zero-order chi connectivity index (χ0) is 11.0. The monoisotopic (exact) mass is 201 g/mol. The van der Waals surface area contributed by atoms with Gasteiger partial charge in [-0.2, -0.15) is 0 Å². The molecule has 0 bridgehead atoms.